The average Bonchev–Trinajstić information content (AvgIpc) is 3.48. The Kier molecular flexibility index (Phi) is 6.58. The summed E-state index contributed by atoms with van der Waals surface area (Å²) in [5.41, 5.74) is 1.26. The summed E-state index contributed by atoms with van der Waals surface area (Å²) in [6, 6.07) is 17.1. The number of amides is 3. The highest BCUT2D eigenvalue weighted by Gasteiger charge is 2.51. The van der Waals surface area contributed by atoms with Crippen molar-refractivity contribution in [3.8, 4) is 0 Å². The molecule has 2 aromatic rings. The molecule has 3 aliphatic heterocycles. The molecule has 0 saturated carbocycles. The molecule has 184 valence electrons. The fraction of sp³-hybridized carbons (Fsp3) is 0.444. The maximum Gasteiger partial charge on any atom is 0.253 e. The third-order valence-corrected chi connectivity index (χ3v) is 7.27. The van der Waals surface area contributed by atoms with Crippen LogP contribution in [-0.2, 0) is 20.9 Å². The molecular formula is C27H32N4O4. The lowest BCUT2D eigenvalue weighted by atomic mass is 9.86. The highest BCUT2D eigenvalue weighted by Crippen LogP contribution is 2.35. The van der Waals surface area contributed by atoms with Gasteiger partial charge in [-0.05, 0) is 37.5 Å². The predicted octanol–water partition coefficient (Wildman–Crippen LogP) is 1.95. The minimum absolute atomic E-state index is 0.0183. The van der Waals surface area contributed by atoms with E-state index in [0.29, 0.717) is 44.0 Å². The summed E-state index contributed by atoms with van der Waals surface area (Å²) in [7, 11) is 0. The molecule has 0 aliphatic carbocycles. The minimum atomic E-state index is -0.747. The first-order valence-electron chi connectivity index (χ1n) is 12.3. The summed E-state index contributed by atoms with van der Waals surface area (Å²) < 4.78 is 5.60. The number of nitrogens with zero attached hydrogens (tertiary/aromatic N) is 2. The van der Waals surface area contributed by atoms with E-state index in [9.17, 15) is 14.4 Å². The molecular weight excluding hydrogens is 444 g/mol. The topological polar surface area (TPSA) is 91.0 Å². The van der Waals surface area contributed by atoms with E-state index in [1.807, 2.05) is 25.1 Å². The number of benzene rings is 2. The zero-order chi connectivity index (χ0) is 24.4. The molecule has 0 spiro atoms. The maximum absolute atomic E-state index is 14.0. The van der Waals surface area contributed by atoms with Crippen LogP contribution < -0.4 is 15.5 Å². The van der Waals surface area contributed by atoms with Crippen molar-refractivity contribution in [2.75, 3.05) is 37.7 Å². The number of nitrogens with one attached hydrogen (secondary N) is 2. The van der Waals surface area contributed by atoms with E-state index in [1.165, 1.54) is 4.90 Å². The molecule has 35 heavy (non-hydrogen) atoms. The van der Waals surface area contributed by atoms with E-state index in [1.54, 1.807) is 24.3 Å². The average molecular weight is 477 g/mol. The summed E-state index contributed by atoms with van der Waals surface area (Å²) >= 11 is 0. The number of hydrogen-bond acceptors (Lipinski definition) is 5. The van der Waals surface area contributed by atoms with Gasteiger partial charge in [0.05, 0.1) is 28.8 Å². The zero-order valence-corrected chi connectivity index (χ0v) is 20.0. The first-order chi connectivity index (χ1) is 16.9. The van der Waals surface area contributed by atoms with Gasteiger partial charge < -0.3 is 20.3 Å². The molecule has 2 N–H and O–H groups in total. The molecule has 8 nitrogen and oxygen atoms in total. The van der Waals surface area contributed by atoms with Crippen LogP contribution in [0.15, 0.2) is 54.6 Å². The van der Waals surface area contributed by atoms with Gasteiger partial charge in [-0.1, -0.05) is 42.5 Å². The lowest BCUT2D eigenvalue weighted by molar-refractivity contribution is -0.127. The van der Waals surface area contributed by atoms with Crippen LogP contribution in [0.2, 0.25) is 0 Å². The lowest BCUT2D eigenvalue weighted by Crippen LogP contribution is -2.59. The second-order valence-corrected chi connectivity index (χ2v) is 9.96. The number of carbonyl (C=O) groups is 3. The number of rotatable bonds is 6. The van der Waals surface area contributed by atoms with Gasteiger partial charge in [-0.15, -0.1) is 0 Å². The van der Waals surface area contributed by atoms with Gasteiger partial charge in [-0.2, -0.15) is 0 Å². The Balaban J connectivity index is 1.40. The van der Waals surface area contributed by atoms with Crippen LogP contribution in [0, 0.1) is 5.92 Å². The number of hydrogen-bond donors (Lipinski definition) is 2. The van der Waals surface area contributed by atoms with Gasteiger partial charge in [0.15, 0.2) is 0 Å². The summed E-state index contributed by atoms with van der Waals surface area (Å²) in [4.78, 5) is 43.9. The maximum atomic E-state index is 14.0. The fourth-order valence-corrected chi connectivity index (χ4v) is 5.47. The number of ether oxygens (including phenoxy) is 1. The smallest absolute Gasteiger partial charge is 0.253 e. The third kappa shape index (κ3) is 4.94. The Morgan fingerprint density at radius 1 is 1.14 bits per heavy atom. The standard InChI is InChI=1S/C27H32N4O4/c1-27-18-30(15-19-8-3-2-4-9-19)16-22(27)26(34)31(17-24(32)28-14-20-10-7-13-35-20)23-12-6-5-11-21(23)25(33)29-27/h2-6,8-9,11-12,20,22H,7,10,13-18H2,1H3,(H,28,32)(H,29,33)/t20-,22-,27-/m0/s1. The van der Waals surface area contributed by atoms with E-state index in [2.05, 4.69) is 27.7 Å². The largest absolute Gasteiger partial charge is 0.376 e. The molecule has 3 aliphatic rings. The van der Waals surface area contributed by atoms with Gasteiger partial charge in [0.2, 0.25) is 11.8 Å². The van der Waals surface area contributed by atoms with Crippen LogP contribution in [0.4, 0.5) is 5.69 Å². The van der Waals surface area contributed by atoms with Gasteiger partial charge in [-0.3, -0.25) is 19.3 Å². The highest BCUT2D eigenvalue weighted by atomic mass is 16.5. The van der Waals surface area contributed by atoms with Crippen LogP contribution in [-0.4, -0.2) is 67.1 Å². The molecule has 0 unspecified atom stereocenters. The van der Waals surface area contributed by atoms with Crippen molar-refractivity contribution in [1.82, 2.24) is 15.5 Å². The molecule has 2 fully saturated rings. The van der Waals surface area contributed by atoms with Crippen LogP contribution in [0.25, 0.3) is 0 Å². The second kappa shape index (κ2) is 9.79. The number of para-hydroxylation sites is 1. The molecule has 8 heteroatoms. The Morgan fingerprint density at radius 3 is 2.69 bits per heavy atom. The normalized spacial score (nSPS) is 26.5. The van der Waals surface area contributed by atoms with Crippen molar-refractivity contribution in [2.45, 2.75) is 38.0 Å². The van der Waals surface area contributed by atoms with Crippen molar-refractivity contribution < 1.29 is 19.1 Å². The summed E-state index contributed by atoms with van der Waals surface area (Å²) in [6.07, 6.45) is 1.93. The minimum Gasteiger partial charge on any atom is -0.376 e. The third-order valence-electron chi connectivity index (χ3n) is 7.27. The van der Waals surface area contributed by atoms with E-state index in [-0.39, 0.29) is 30.4 Å². The van der Waals surface area contributed by atoms with Gasteiger partial charge in [-0.25, -0.2) is 0 Å². The second-order valence-electron chi connectivity index (χ2n) is 9.96. The highest BCUT2D eigenvalue weighted by molar-refractivity contribution is 6.09. The van der Waals surface area contributed by atoms with Crippen molar-refractivity contribution >= 4 is 23.4 Å². The number of carbonyl (C=O) groups excluding carboxylic acids is 3. The molecule has 2 saturated heterocycles. The van der Waals surface area contributed by atoms with E-state index in [4.69, 9.17) is 4.74 Å². The quantitative estimate of drug-likeness (QED) is 0.665. The van der Waals surface area contributed by atoms with Crippen molar-refractivity contribution in [3.05, 3.63) is 65.7 Å². The Labute approximate surface area is 205 Å². The molecule has 2 aromatic carbocycles. The lowest BCUT2D eigenvalue weighted by Gasteiger charge is -2.37. The number of anilines is 1. The first-order valence-corrected chi connectivity index (χ1v) is 12.3. The Bertz CT molecular complexity index is 1100. The molecule has 3 heterocycles. The van der Waals surface area contributed by atoms with Crippen LogP contribution >= 0.6 is 0 Å². The van der Waals surface area contributed by atoms with Gasteiger partial charge in [0, 0.05) is 32.8 Å². The summed E-state index contributed by atoms with van der Waals surface area (Å²) in [5, 5.41) is 6.06. The van der Waals surface area contributed by atoms with Crippen molar-refractivity contribution in [1.29, 1.82) is 0 Å². The molecule has 0 radical (unpaired) electrons. The van der Waals surface area contributed by atoms with Crippen molar-refractivity contribution in [2.24, 2.45) is 5.92 Å². The van der Waals surface area contributed by atoms with Crippen molar-refractivity contribution in [3.63, 3.8) is 0 Å². The van der Waals surface area contributed by atoms with Gasteiger partial charge in [0.25, 0.3) is 5.91 Å². The fourth-order valence-electron chi connectivity index (χ4n) is 5.47. The monoisotopic (exact) mass is 476 g/mol. The number of fused-ring (bicyclic) bond motifs is 2. The summed E-state index contributed by atoms with van der Waals surface area (Å²) in [6.45, 7) is 4.67. The Morgan fingerprint density at radius 2 is 1.91 bits per heavy atom. The Hall–Kier alpha value is -3.23. The van der Waals surface area contributed by atoms with Crippen LogP contribution in [0.1, 0.15) is 35.7 Å². The SMILES string of the molecule is C[C@]12CN(Cc3ccccc3)C[C@H]1C(=O)N(CC(=O)NC[C@@H]1CCCO1)c1ccccc1C(=O)N2. The number of likely N-dealkylation sites (tertiary alicyclic amines) is 1. The summed E-state index contributed by atoms with van der Waals surface area (Å²) in [5.74, 6) is -1.12. The molecule has 3 atom stereocenters. The molecule has 5 rings (SSSR count). The predicted molar refractivity (Wildman–Crippen MR) is 132 cm³/mol. The molecule has 0 aromatic heterocycles. The zero-order valence-electron chi connectivity index (χ0n) is 20.0. The van der Waals surface area contributed by atoms with Crippen LogP contribution in [0.3, 0.4) is 0 Å². The molecule has 3 amide bonds. The van der Waals surface area contributed by atoms with Crippen LogP contribution in [0.5, 0.6) is 0 Å². The van der Waals surface area contributed by atoms with E-state index >= 15 is 0 Å². The molecule has 0 bridgehead atoms. The van der Waals surface area contributed by atoms with E-state index < -0.39 is 11.5 Å². The van der Waals surface area contributed by atoms with Gasteiger partial charge in [0.1, 0.15) is 6.54 Å². The van der Waals surface area contributed by atoms with E-state index in [0.717, 1.165) is 18.4 Å². The van der Waals surface area contributed by atoms with Gasteiger partial charge >= 0.3 is 0 Å². The first kappa shape index (κ1) is 23.5.